The third-order valence-electron chi connectivity index (χ3n) is 2.48. The molecule has 0 unspecified atom stereocenters. The molecule has 0 radical (unpaired) electrons. The third-order valence-corrected chi connectivity index (χ3v) is 2.48. The summed E-state index contributed by atoms with van der Waals surface area (Å²) in [6, 6.07) is 12.4. The molecule has 20 heavy (non-hydrogen) atoms. The number of aromatic nitrogens is 1. The smallest absolute Gasteiger partial charge is 0.323 e. The first-order chi connectivity index (χ1) is 9.78. The standard InChI is InChI=1S/C15H17N3O2/c1-2-10-20-14-11-13(8-9-16-14)18-15(19)17-12-6-4-3-5-7-12/h3-9,11H,2,10H2,1H3,(H2,16,17,18,19). The highest BCUT2D eigenvalue weighted by molar-refractivity contribution is 5.99. The number of anilines is 2. The van der Waals surface area contributed by atoms with Gasteiger partial charge in [0.1, 0.15) is 0 Å². The van der Waals surface area contributed by atoms with Gasteiger partial charge in [-0.2, -0.15) is 0 Å². The molecule has 0 saturated heterocycles. The number of amides is 2. The highest BCUT2D eigenvalue weighted by Crippen LogP contribution is 2.14. The van der Waals surface area contributed by atoms with Gasteiger partial charge in [0.15, 0.2) is 0 Å². The summed E-state index contributed by atoms with van der Waals surface area (Å²) in [6.07, 6.45) is 2.51. The van der Waals surface area contributed by atoms with Gasteiger partial charge in [-0.05, 0) is 24.6 Å². The van der Waals surface area contributed by atoms with Crippen LogP contribution >= 0.6 is 0 Å². The minimum absolute atomic E-state index is 0.302. The first kappa shape index (κ1) is 13.9. The van der Waals surface area contributed by atoms with Gasteiger partial charge in [-0.3, -0.25) is 0 Å². The fraction of sp³-hybridized carbons (Fsp3) is 0.200. The van der Waals surface area contributed by atoms with Crippen LogP contribution in [-0.4, -0.2) is 17.6 Å². The largest absolute Gasteiger partial charge is 0.478 e. The van der Waals surface area contributed by atoms with E-state index in [4.69, 9.17) is 4.74 Å². The lowest BCUT2D eigenvalue weighted by atomic mass is 10.3. The molecule has 0 aliphatic rings. The van der Waals surface area contributed by atoms with E-state index < -0.39 is 0 Å². The highest BCUT2D eigenvalue weighted by Gasteiger charge is 2.04. The maximum absolute atomic E-state index is 11.8. The van der Waals surface area contributed by atoms with Gasteiger partial charge >= 0.3 is 6.03 Å². The number of benzene rings is 1. The Morgan fingerprint density at radius 2 is 1.90 bits per heavy atom. The number of urea groups is 1. The van der Waals surface area contributed by atoms with Crippen molar-refractivity contribution >= 4 is 17.4 Å². The van der Waals surface area contributed by atoms with E-state index in [-0.39, 0.29) is 6.03 Å². The van der Waals surface area contributed by atoms with Crippen molar-refractivity contribution in [1.82, 2.24) is 4.98 Å². The number of hydrogen-bond acceptors (Lipinski definition) is 3. The Bertz CT molecular complexity index is 558. The Morgan fingerprint density at radius 3 is 2.65 bits per heavy atom. The fourth-order valence-electron chi connectivity index (χ4n) is 1.59. The summed E-state index contributed by atoms with van der Waals surface area (Å²) in [7, 11) is 0. The lowest BCUT2D eigenvalue weighted by molar-refractivity contribution is 0.262. The number of nitrogens with one attached hydrogen (secondary N) is 2. The highest BCUT2D eigenvalue weighted by atomic mass is 16.5. The molecule has 1 aromatic heterocycles. The molecule has 0 spiro atoms. The zero-order chi connectivity index (χ0) is 14.2. The van der Waals surface area contributed by atoms with Gasteiger partial charge in [0.25, 0.3) is 0 Å². The van der Waals surface area contributed by atoms with Gasteiger partial charge in [-0.1, -0.05) is 25.1 Å². The monoisotopic (exact) mass is 271 g/mol. The van der Waals surface area contributed by atoms with Gasteiger partial charge in [0.05, 0.1) is 6.61 Å². The summed E-state index contributed by atoms with van der Waals surface area (Å²) in [5, 5.41) is 5.48. The van der Waals surface area contributed by atoms with Crippen molar-refractivity contribution in [2.24, 2.45) is 0 Å². The average molecular weight is 271 g/mol. The summed E-state index contributed by atoms with van der Waals surface area (Å²) in [5.41, 5.74) is 1.38. The van der Waals surface area contributed by atoms with Crippen molar-refractivity contribution in [3.05, 3.63) is 48.7 Å². The van der Waals surface area contributed by atoms with Crippen molar-refractivity contribution in [3.63, 3.8) is 0 Å². The predicted octanol–water partition coefficient (Wildman–Crippen LogP) is 3.51. The molecule has 0 bridgehead atoms. The molecule has 2 N–H and O–H groups in total. The summed E-state index contributed by atoms with van der Waals surface area (Å²) < 4.78 is 5.41. The number of carbonyl (C=O) groups is 1. The molecule has 2 rings (SSSR count). The van der Waals surface area contributed by atoms with E-state index in [1.807, 2.05) is 37.3 Å². The third kappa shape index (κ3) is 4.28. The quantitative estimate of drug-likeness (QED) is 0.874. The Morgan fingerprint density at radius 1 is 1.15 bits per heavy atom. The first-order valence-corrected chi connectivity index (χ1v) is 6.50. The van der Waals surface area contributed by atoms with E-state index in [9.17, 15) is 4.79 Å². The van der Waals surface area contributed by atoms with Crippen LogP contribution in [0.25, 0.3) is 0 Å². The van der Waals surface area contributed by atoms with Crippen LogP contribution in [0.5, 0.6) is 5.88 Å². The van der Waals surface area contributed by atoms with E-state index >= 15 is 0 Å². The normalized spacial score (nSPS) is 9.85. The average Bonchev–Trinajstić information content (AvgIpc) is 2.46. The summed E-state index contributed by atoms with van der Waals surface area (Å²) in [5.74, 6) is 0.504. The van der Waals surface area contributed by atoms with E-state index in [1.54, 1.807) is 18.3 Å². The van der Waals surface area contributed by atoms with Crippen LogP contribution < -0.4 is 15.4 Å². The van der Waals surface area contributed by atoms with Crippen molar-refractivity contribution in [2.45, 2.75) is 13.3 Å². The Balaban J connectivity index is 1.94. The predicted molar refractivity (Wildman–Crippen MR) is 79.1 cm³/mol. The van der Waals surface area contributed by atoms with Crippen LogP contribution in [0.15, 0.2) is 48.7 Å². The van der Waals surface area contributed by atoms with Crippen LogP contribution in [0.4, 0.5) is 16.2 Å². The molecule has 1 heterocycles. The number of nitrogens with zero attached hydrogens (tertiary/aromatic N) is 1. The lowest BCUT2D eigenvalue weighted by Crippen LogP contribution is -2.19. The van der Waals surface area contributed by atoms with Crippen LogP contribution in [0.3, 0.4) is 0 Å². The molecule has 1 aromatic carbocycles. The second-order valence-electron chi connectivity index (χ2n) is 4.18. The molecule has 2 aromatic rings. The van der Waals surface area contributed by atoms with Crippen molar-refractivity contribution in [3.8, 4) is 5.88 Å². The minimum atomic E-state index is -0.302. The number of hydrogen-bond donors (Lipinski definition) is 2. The molecule has 0 fully saturated rings. The number of rotatable bonds is 5. The molecule has 5 nitrogen and oxygen atoms in total. The molecule has 5 heteroatoms. The first-order valence-electron chi connectivity index (χ1n) is 6.50. The summed E-state index contributed by atoms with van der Waals surface area (Å²) in [4.78, 5) is 15.9. The topological polar surface area (TPSA) is 63.2 Å². The molecule has 2 amide bonds. The van der Waals surface area contributed by atoms with Crippen molar-refractivity contribution in [2.75, 3.05) is 17.2 Å². The maximum atomic E-state index is 11.8. The van der Waals surface area contributed by atoms with E-state index in [0.29, 0.717) is 18.2 Å². The van der Waals surface area contributed by atoms with Gasteiger partial charge in [0, 0.05) is 23.6 Å². The minimum Gasteiger partial charge on any atom is -0.478 e. The van der Waals surface area contributed by atoms with Gasteiger partial charge < -0.3 is 15.4 Å². The Labute approximate surface area is 118 Å². The van der Waals surface area contributed by atoms with Crippen molar-refractivity contribution < 1.29 is 9.53 Å². The SMILES string of the molecule is CCCOc1cc(NC(=O)Nc2ccccc2)ccn1. The van der Waals surface area contributed by atoms with Crippen LogP contribution in [0.2, 0.25) is 0 Å². The molecule has 0 aliphatic carbocycles. The lowest BCUT2D eigenvalue weighted by Gasteiger charge is -2.09. The molecule has 0 aliphatic heterocycles. The fourth-order valence-corrected chi connectivity index (χ4v) is 1.59. The van der Waals surface area contributed by atoms with Gasteiger partial charge in [-0.25, -0.2) is 9.78 Å². The number of carbonyl (C=O) groups excluding carboxylic acids is 1. The van der Waals surface area contributed by atoms with Crippen LogP contribution in [-0.2, 0) is 0 Å². The van der Waals surface area contributed by atoms with E-state index in [1.165, 1.54) is 0 Å². The van der Waals surface area contributed by atoms with Gasteiger partial charge in [-0.15, -0.1) is 0 Å². The summed E-state index contributed by atoms with van der Waals surface area (Å²) >= 11 is 0. The molecular weight excluding hydrogens is 254 g/mol. The number of pyridine rings is 1. The van der Waals surface area contributed by atoms with Crippen LogP contribution in [0.1, 0.15) is 13.3 Å². The number of ether oxygens (including phenoxy) is 1. The van der Waals surface area contributed by atoms with E-state index in [2.05, 4.69) is 15.6 Å². The molecular formula is C15H17N3O2. The maximum Gasteiger partial charge on any atom is 0.323 e. The van der Waals surface area contributed by atoms with E-state index in [0.717, 1.165) is 12.1 Å². The second kappa shape index (κ2) is 7.13. The summed E-state index contributed by atoms with van der Waals surface area (Å²) in [6.45, 7) is 2.63. The molecule has 0 atom stereocenters. The van der Waals surface area contributed by atoms with Gasteiger partial charge in [0.2, 0.25) is 5.88 Å². The molecule has 104 valence electrons. The van der Waals surface area contributed by atoms with Crippen molar-refractivity contribution in [1.29, 1.82) is 0 Å². The second-order valence-corrected chi connectivity index (χ2v) is 4.18. The Kier molecular flexibility index (Phi) is 4.94. The van der Waals surface area contributed by atoms with Crippen LogP contribution in [0, 0.1) is 0 Å². The Hall–Kier alpha value is -2.56. The zero-order valence-corrected chi connectivity index (χ0v) is 11.3. The zero-order valence-electron chi connectivity index (χ0n) is 11.3. The number of para-hydroxylation sites is 1. The molecule has 0 saturated carbocycles.